The number of rotatable bonds is 5. The summed E-state index contributed by atoms with van der Waals surface area (Å²) in [6.07, 6.45) is -0.524. The van der Waals surface area contributed by atoms with Gasteiger partial charge in [0.25, 0.3) is 0 Å². The van der Waals surface area contributed by atoms with Crippen molar-refractivity contribution in [3.05, 3.63) is 70.7 Å². The number of nitrogens with one attached hydrogen (secondary N) is 1. The van der Waals surface area contributed by atoms with Crippen LogP contribution >= 0.6 is 11.6 Å². The smallest absolute Gasteiger partial charge is 0.0940 e. The highest BCUT2D eigenvalue weighted by Crippen LogP contribution is 2.18. The van der Waals surface area contributed by atoms with Gasteiger partial charge in [-0.15, -0.1) is 0 Å². The van der Waals surface area contributed by atoms with Gasteiger partial charge in [-0.05, 0) is 24.1 Å². The molecule has 0 saturated carbocycles. The molecule has 100 valence electrons. The van der Waals surface area contributed by atoms with E-state index in [0.717, 1.165) is 16.1 Å². The Morgan fingerprint density at radius 1 is 1.05 bits per heavy atom. The van der Waals surface area contributed by atoms with Crippen molar-refractivity contribution in [2.75, 3.05) is 0 Å². The van der Waals surface area contributed by atoms with Crippen molar-refractivity contribution < 1.29 is 5.11 Å². The first-order valence-corrected chi connectivity index (χ1v) is 6.76. The molecule has 0 saturated heterocycles. The summed E-state index contributed by atoms with van der Waals surface area (Å²) in [5.74, 6) is 0. The normalized spacial score (nSPS) is 14.1. The van der Waals surface area contributed by atoms with Crippen molar-refractivity contribution in [1.82, 2.24) is 5.32 Å². The van der Waals surface area contributed by atoms with Crippen LogP contribution in [0.2, 0.25) is 5.02 Å². The van der Waals surface area contributed by atoms with Crippen LogP contribution in [0.1, 0.15) is 24.2 Å². The van der Waals surface area contributed by atoms with Crippen LogP contribution < -0.4 is 5.32 Å². The topological polar surface area (TPSA) is 32.3 Å². The van der Waals surface area contributed by atoms with Gasteiger partial charge in [-0.1, -0.05) is 60.1 Å². The third-order valence-corrected chi connectivity index (χ3v) is 3.56. The second-order valence-electron chi connectivity index (χ2n) is 4.62. The van der Waals surface area contributed by atoms with Gasteiger partial charge in [0.1, 0.15) is 0 Å². The third kappa shape index (κ3) is 3.80. The summed E-state index contributed by atoms with van der Waals surface area (Å²) in [7, 11) is 0. The van der Waals surface area contributed by atoms with Gasteiger partial charge in [0, 0.05) is 17.6 Å². The fourth-order valence-electron chi connectivity index (χ4n) is 1.96. The number of benzene rings is 2. The van der Waals surface area contributed by atoms with E-state index in [1.807, 2.05) is 61.5 Å². The monoisotopic (exact) mass is 275 g/mol. The lowest BCUT2D eigenvalue weighted by Gasteiger charge is -2.21. The first-order valence-electron chi connectivity index (χ1n) is 6.38. The summed E-state index contributed by atoms with van der Waals surface area (Å²) < 4.78 is 0. The Hall–Kier alpha value is -1.35. The van der Waals surface area contributed by atoms with Crippen LogP contribution in [0.3, 0.4) is 0 Å². The Bertz CT molecular complexity index is 515. The van der Waals surface area contributed by atoms with Gasteiger partial charge < -0.3 is 10.4 Å². The van der Waals surface area contributed by atoms with Crippen LogP contribution in [0, 0.1) is 0 Å². The van der Waals surface area contributed by atoms with E-state index in [-0.39, 0.29) is 6.04 Å². The molecule has 3 heteroatoms. The first kappa shape index (κ1) is 14.1. The van der Waals surface area contributed by atoms with E-state index in [1.54, 1.807) is 0 Å². The second-order valence-corrected chi connectivity index (χ2v) is 5.02. The summed E-state index contributed by atoms with van der Waals surface area (Å²) in [5, 5.41) is 14.3. The van der Waals surface area contributed by atoms with Crippen molar-refractivity contribution in [2.45, 2.75) is 25.6 Å². The largest absolute Gasteiger partial charge is 0.387 e. The Kier molecular flexibility index (Phi) is 4.97. The van der Waals surface area contributed by atoms with E-state index >= 15 is 0 Å². The molecule has 2 atom stereocenters. The zero-order valence-corrected chi connectivity index (χ0v) is 11.6. The highest BCUT2D eigenvalue weighted by atomic mass is 35.5. The van der Waals surface area contributed by atoms with E-state index in [9.17, 15) is 5.11 Å². The quantitative estimate of drug-likeness (QED) is 0.875. The lowest BCUT2D eigenvalue weighted by atomic mass is 10.0. The Morgan fingerprint density at radius 2 is 1.68 bits per heavy atom. The molecule has 0 aliphatic rings. The maximum atomic E-state index is 10.2. The standard InChI is InChI=1S/C16H18ClNO/c1-12(16(19)13-7-3-2-4-8-13)18-11-14-9-5-6-10-15(14)17/h2-10,12,16,18-19H,11H2,1H3/t12-,16+/m1/s1. The molecule has 0 radical (unpaired) electrons. The molecule has 19 heavy (non-hydrogen) atoms. The summed E-state index contributed by atoms with van der Waals surface area (Å²) in [6, 6.07) is 17.3. The molecule has 0 aliphatic carbocycles. The first-order chi connectivity index (χ1) is 9.18. The van der Waals surface area contributed by atoms with Crippen molar-refractivity contribution in [3.63, 3.8) is 0 Å². The van der Waals surface area contributed by atoms with E-state index in [1.165, 1.54) is 0 Å². The average Bonchev–Trinajstić information content (AvgIpc) is 2.46. The highest BCUT2D eigenvalue weighted by Gasteiger charge is 2.15. The maximum Gasteiger partial charge on any atom is 0.0940 e. The highest BCUT2D eigenvalue weighted by molar-refractivity contribution is 6.31. The molecule has 0 unspecified atom stereocenters. The number of halogens is 1. The minimum Gasteiger partial charge on any atom is -0.387 e. The van der Waals surface area contributed by atoms with Crippen LogP contribution in [0.25, 0.3) is 0 Å². The molecule has 0 aromatic heterocycles. The van der Waals surface area contributed by atoms with Crippen LogP contribution in [-0.4, -0.2) is 11.1 Å². The van der Waals surface area contributed by atoms with E-state index in [4.69, 9.17) is 11.6 Å². The predicted molar refractivity (Wildman–Crippen MR) is 79.2 cm³/mol. The number of hydrogen-bond donors (Lipinski definition) is 2. The van der Waals surface area contributed by atoms with Crippen LogP contribution in [-0.2, 0) is 6.54 Å². The zero-order valence-electron chi connectivity index (χ0n) is 10.9. The molecule has 2 aromatic carbocycles. The fourth-order valence-corrected chi connectivity index (χ4v) is 2.17. The summed E-state index contributed by atoms with van der Waals surface area (Å²) in [5.41, 5.74) is 1.96. The molecule has 0 aliphatic heterocycles. The van der Waals surface area contributed by atoms with Gasteiger partial charge >= 0.3 is 0 Å². The van der Waals surface area contributed by atoms with Crippen LogP contribution in [0.15, 0.2) is 54.6 Å². The number of aliphatic hydroxyl groups excluding tert-OH is 1. The van der Waals surface area contributed by atoms with Gasteiger partial charge in [0.2, 0.25) is 0 Å². The molecule has 0 spiro atoms. The Labute approximate surface area is 119 Å². The SMILES string of the molecule is C[C@@H](NCc1ccccc1Cl)[C@H](O)c1ccccc1. The molecule has 0 amide bonds. The lowest BCUT2D eigenvalue weighted by Crippen LogP contribution is -2.31. The van der Waals surface area contributed by atoms with E-state index in [2.05, 4.69) is 5.32 Å². The predicted octanol–water partition coefficient (Wildman–Crippen LogP) is 3.55. The minimum absolute atomic E-state index is 0.0429. The molecule has 2 aromatic rings. The van der Waals surface area contributed by atoms with E-state index in [0.29, 0.717) is 6.54 Å². The number of aliphatic hydroxyl groups is 1. The zero-order chi connectivity index (χ0) is 13.7. The van der Waals surface area contributed by atoms with Gasteiger partial charge in [-0.2, -0.15) is 0 Å². The van der Waals surface area contributed by atoms with Gasteiger partial charge in [0.15, 0.2) is 0 Å². The van der Waals surface area contributed by atoms with Gasteiger partial charge in [0.05, 0.1) is 6.10 Å². The molecule has 0 bridgehead atoms. The summed E-state index contributed by atoms with van der Waals surface area (Å²) >= 11 is 6.10. The fraction of sp³-hybridized carbons (Fsp3) is 0.250. The molecule has 2 rings (SSSR count). The van der Waals surface area contributed by atoms with Crippen molar-refractivity contribution in [2.24, 2.45) is 0 Å². The van der Waals surface area contributed by atoms with Crippen LogP contribution in [0.4, 0.5) is 0 Å². The average molecular weight is 276 g/mol. The van der Waals surface area contributed by atoms with Gasteiger partial charge in [-0.3, -0.25) is 0 Å². The third-order valence-electron chi connectivity index (χ3n) is 3.19. The minimum atomic E-state index is -0.524. The van der Waals surface area contributed by atoms with Crippen molar-refractivity contribution >= 4 is 11.6 Å². The van der Waals surface area contributed by atoms with E-state index < -0.39 is 6.10 Å². The molecule has 2 N–H and O–H groups in total. The molecular formula is C16H18ClNO. The van der Waals surface area contributed by atoms with Crippen molar-refractivity contribution in [3.8, 4) is 0 Å². The van der Waals surface area contributed by atoms with Crippen molar-refractivity contribution in [1.29, 1.82) is 0 Å². The van der Waals surface area contributed by atoms with Gasteiger partial charge in [-0.25, -0.2) is 0 Å². The molecular weight excluding hydrogens is 258 g/mol. The molecule has 0 fully saturated rings. The molecule has 0 heterocycles. The number of hydrogen-bond acceptors (Lipinski definition) is 2. The molecule has 2 nitrogen and oxygen atoms in total. The van der Waals surface area contributed by atoms with Crippen LogP contribution in [0.5, 0.6) is 0 Å². The second kappa shape index (κ2) is 6.71. The Morgan fingerprint density at radius 3 is 2.37 bits per heavy atom. The lowest BCUT2D eigenvalue weighted by molar-refractivity contribution is 0.135. The maximum absolute atomic E-state index is 10.2. The summed E-state index contributed by atoms with van der Waals surface area (Å²) in [4.78, 5) is 0. The summed E-state index contributed by atoms with van der Waals surface area (Å²) in [6.45, 7) is 2.61. The Balaban J connectivity index is 1.95.